The molecule has 0 radical (unpaired) electrons. The fourth-order valence-corrected chi connectivity index (χ4v) is 3.67. The first-order valence-electron chi connectivity index (χ1n) is 9.73. The average Bonchev–Trinajstić information content (AvgIpc) is 3.33. The van der Waals surface area contributed by atoms with E-state index in [9.17, 15) is 14.0 Å². The van der Waals surface area contributed by atoms with E-state index < -0.39 is 0 Å². The Hall–Kier alpha value is -1.99. The lowest BCUT2D eigenvalue weighted by atomic mass is 10.1. The van der Waals surface area contributed by atoms with Crippen LogP contribution in [-0.2, 0) is 20.9 Å². The Morgan fingerprint density at radius 3 is 2.78 bits per heavy atom. The van der Waals surface area contributed by atoms with Gasteiger partial charge in [0.15, 0.2) is 0 Å². The van der Waals surface area contributed by atoms with Crippen molar-refractivity contribution in [3.8, 4) is 0 Å². The van der Waals surface area contributed by atoms with Crippen LogP contribution >= 0.6 is 0 Å². The highest BCUT2D eigenvalue weighted by atomic mass is 19.1. The second-order valence-corrected chi connectivity index (χ2v) is 7.30. The Balaban J connectivity index is 1.52. The van der Waals surface area contributed by atoms with Gasteiger partial charge in [-0.15, -0.1) is 0 Å². The molecule has 3 rings (SSSR count). The minimum Gasteiger partial charge on any atom is -0.377 e. The van der Waals surface area contributed by atoms with Gasteiger partial charge >= 0.3 is 0 Å². The summed E-state index contributed by atoms with van der Waals surface area (Å²) in [4.78, 5) is 28.2. The van der Waals surface area contributed by atoms with Crippen molar-refractivity contribution in [1.82, 2.24) is 15.1 Å². The molecule has 2 aliphatic heterocycles. The number of carbonyl (C=O) groups is 2. The molecular formula is C20H28FN3O3. The minimum absolute atomic E-state index is 0.0309. The number of likely N-dealkylation sites (tertiary alicyclic amines) is 1. The van der Waals surface area contributed by atoms with E-state index in [1.54, 1.807) is 11.0 Å². The number of ether oxygens (including phenoxy) is 1. The maximum absolute atomic E-state index is 13.5. The molecule has 1 aromatic carbocycles. The van der Waals surface area contributed by atoms with E-state index in [1.165, 1.54) is 12.1 Å². The first kappa shape index (κ1) is 19.8. The molecule has 2 heterocycles. The van der Waals surface area contributed by atoms with Crippen LogP contribution in [0.4, 0.5) is 4.39 Å². The molecule has 0 bridgehead atoms. The number of halogens is 1. The fraction of sp³-hybridized carbons (Fsp3) is 0.600. The van der Waals surface area contributed by atoms with Crippen LogP contribution in [0, 0.1) is 5.82 Å². The standard InChI is InChI=1S/C20H28FN3O3/c21-17-6-3-5-16(11-17)13-23(14-18-7-4-10-27-18)15-19(25)22-12-20(26)24-8-1-2-9-24/h3,5-6,11,18H,1-2,4,7-10,12-15H2,(H,22,25)/t18-/m0/s1. The van der Waals surface area contributed by atoms with Crippen LogP contribution in [0.2, 0.25) is 0 Å². The molecule has 1 aromatic rings. The van der Waals surface area contributed by atoms with E-state index in [4.69, 9.17) is 4.74 Å². The molecule has 2 fully saturated rings. The summed E-state index contributed by atoms with van der Waals surface area (Å²) in [5, 5.41) is 2.73. The Morgan fingerprint density at radius 2 is 2.07 bits per heavy atom. The van der Waals surface area contributed by atoms with E-state index in [2.05, 4.69) is 5.32 Å². The van der Waals surface area contributed by atoms with Gasteiger partial charge in [-0.05, 0) is 43.4 Å². The van der Waals surface area contributed by atoms with Gasteiger partial charge in [0, 0.05) is 32.8 Å². The van der Waals surface area contributed by atoms with Crippen LogP contribution in [0.1, 0.15) is 31.2 Å². The molecular weight excluding hydrogens is 349 g/mol. The number of hydrogen-bond donors (Lipinski definition) is 1. The third kappa shape index (κ3) is 6.29. The first-order chi connectivity index (χ1) is 13.1. The summed E-state index contributed by atoms with van der Waals surface area (Å²) < 4.78 is 19.2. The van der Waals surface area contributed by atoms with Gasteiger partial charge in [-0.3, -0.25) is 14.5 Å². The Labute approximate surface area is 159 Å². The van der Waals surface area contributed by atoms with Crippen LogP contribution in [0.3, 0.4) is 0 Å². The van der Waals surface area contributed by atoms with Gasteiger partial charge in [0.2, 0.25) is 11.8 Å². The maximum Gasteiger partial charge on any atom is 0.241 e. The molecule has 27 heavy (non-hydrogen) atoms. The van der Waals surface area contributed by atoms with Crippen molar-refractivity contribution in [2.24, 2.45) is 0 Å². The highest BCUT2D eigenvalue weighted by molar-refractivity contribution is 5.85. The lowest BCUT2D eigenvalue weighted by Gasteiger charge is -2.25. The summed E-state index contributed by atoms with van der Waals surface area (Å²) >= 11 is 0. The number of benzene rings is 1. The van der Waals surface area contributed by atoms with Crippen molar-refractivity contribution in [1.29, 1.82) is 0 Å². The summed E-state index contributed by atoms with van der Waals surface area (Å²) in [6.45, 7) is 3.57. The fourth-order valence-electron chi connectivity index (χ4n) is 3.67. The average molecular weight is 377 g/mol. The lowest BCUT2D eigenvalue weighted by Crippen LogP contribution is -2.44. The monoisotopic (exact) mass is 377 g/mol. The number of carbonyl (C=O) groups excluding carboxylic acids is 2. The normalized spacial score (nSPS) is 19.6. The second-order valence-electron chi connectivity index (χ2n) is 7.30. The van der Waals surface area contributed by atoms with E-state index in [1.807, 2.05) is 11.0 Å². The molecule has 0 aromatic heterocycles. The number of amides is 2. The topological polar surface area (TPSA) is 61.9 Å². The van der Waals surface area contributed by atoms with Gasteiger partial charge in [0.25, 0.3) is 0 Å². The number of rotatable bonds is 8. The van der Waals surface area contributed by atoms with Gasteiger partial charge in [-0.1, -0.05) is 12.1 Å². The third-order valence-corrected chi connectivity index (χ3v) is 5.04. The molecule has 0 saturated carbocycles. The highest BCUT2D eigenvalue weighted by Gasteiger charge is 2.22. The summed E-state index contributed by atoms with van der Waals surface area (Å²) in [6.07, 6.45) is 4.15. The van der Waals surface area contributed by atoms with Gasteiger partial charge in [-0.25, -0.2) is 4.39 Å². The predicted molar refractivity (Wildman–Crippen MR) is 99.5 cm³/mol. The highest BCUT2D eigenvalue weighted by Crippen LogP contribution is 2.15. The van der Waals surface area contributed by atoms with Crippen LogP contribution in [-0.4, -0.2) is 67.0 Å². The SMILES string of the molecule is O=C(CN(Cc1cccc(F)c1)C[C@@H]1CCCO1)NCC(=O)N1CCCC1. The minimum atomic E-state index is -0.287. The van der Waals surface area contributed by atoms with Crippen molar-refractivity contribution in [3.05, 3.63) is 35.6 Å². The van der Waals surface area contributed by atoms with Crippen molar-refractivity contribution in [2.75, 3.05) is 39.3 Å². The van der Waals surface area contributed by atoms with E-state index in [0.29, 0.717) is 13.1 Å². The molecule has 148 valence electrons. The largest absolute Gasteiger partial charge is 0.377 e. The summed E-state index contributed by atoms with van der Waals surface area (Å²) in [7, 11) is 0. The van der Waals surface area contributed by atoms with E-state index in [0.717, 1.165) is 50.9 Å². The molecule has 2 aliphatic rings. The van der Waals surface area contributed by atoms with Crippen LogP contribution in [0.25, 0.3) is 0 Å². The zero-order valence-corrected chi connectivity index (χ0v) is 15.7. The smallest absolute Gasteiger partial charge is 0.241 e. The molecule has 6 nitrogen and oxygen atoms in total. The van der Waals surface area contributed by atoms with Crippen LogP contribution in [0.15, 0.2) is 24.3 Å². The van der Waals surface area contributed by atoms with E-state index in [-0.39, 0.29) is 36.8 Å². The molecule has 7 heteroatoms. The van der Waals surface area contributed by atoms with Crippen molar-refractivity contribution in [3.63, 3.8) is 0 Å². The van der Waals surface area contributed by atoms with Crippen molar-refractivity contribution < 1.29 is 18.7 Å². The van der Waals surface area contributed by atoms with Gasteiger partial charge in [0.05, 0.1) is 19.2 Å². The Kier molecular flexibility index (Phi) is 7.18. The lowest BCUT2D eigenvalue weighted by molar-refractivity contribution is -0.132. The molecule has 2 saturated heterocycles. The van der Waals surface area contributed by atoms with Crippen molar-refractivity contribution >= 4 is 11.8 Å². The molecule has 0 unspecified atom stereocenters. The second kappa shape index (κ2) is 9.80. The third-order valence-electron chi connectivity index (χ3n) is 5.04. The maximum atomic E-state index is 13.5. The number of nitrogens with one attached hydrogen (secondary N) is 1. The van der Waals surface area contributed by atoms with E-state index >= 15 is 0 Å². The molecule has 1 N–H and O–H groups in total. The summed E-state index contributed by atoms with van der Waals surface area (Å²) in [5.74, 6) is -0.515. The Morgan fingerprint density at radius 1 is 1.26 bits per heavy atom. The van der Waals surface area contributed by atoms with Crippen molar-refractivity contribution in [2.45, 2.75) is 38.3 Å². The zero-order valence-electron chi connectivity index (χ0n) is 15.7. The molecule has 1 atom stereocenters. The van der Waals surface area contributed by atoms with Crippen LogP contribution < -0.4 is 5.32 Å². The summed E-state index contributed by atoms with van der Waals surface area (Å²) in [5.41, 5.74) is 0.814. The quantitative estimate of drug-likeness (QED) is 0.747. The zero-order chi connectivity index (χ0) is 19.1. The van der Waals surface area contributed by atoms with Gasteiger partial charge in [-0.2, -0.15) is 0 Å². The summed E-state index contributed by atoms with van der Waals surface area (Å²) in [6, 6.07) is 6.41. The molecule has 0 aliphatic carbocycles. The first-order valence-corrected chi connectivity index (χ1v) is 9.73. The number of hydrogen-bond acceptors (Lipinski definition) is 4. The van der Waals surface area contributed by atoms with Gasteiger partial charge in [0.1, 0.15) is 5.82 Å². The Bertz CT molecular complexity index is 643. The molecule has 0 spiro atoms. The van der Waals surface area contributed by atoms with Crippen LogP contribution in [0.5, 0.6) is 0 Å². The molecule has 2 amide bonds. The van der Waals surface area contributed by atoms with Gasteiger partial charge < -0.3 is 15.0 Å². The predicted octanol–water partition coefficient (Wildman–Crippen LogP) is 1.55. The number of nitrogens with zero attached hydrogens (tertiary/aromatic N) is 2.